The Balaban J connectivity index is 5.10. The van der Waals surface area contributed by atoms with Gasteiger partial charge in [0.1, 0.15) is 12.1 Å². The van der Waals surface area contributed by atoms with Crippen LogP contribution in [0.2, 0.25) is 0 Å². The van der Waals surface area contributed by atoms with Crippen molar-refractivity contribution in [2.24, 2.45) is 11.5 Å². The number of hydrogen-bond acceptors (Lipinski definition) is 8. The maximum Gasteiger partial charge on any atom is 0.328 e. The molecule has 0 bridgehead atoms. The van der Waals surface area contributed by atoms with E-state index in [1.165, 1.54) is 13.8 Å². The van der Waals surface area contributed by atoms with Crippen LogP contribution >= 0.6 is 0 Å². The number of aliphatic hydroxyl groups is 1. The maximum atomic E-state index is 12.5. The van der Waals surface area contributed by atoms with Crippen molar-refractivity contribution < 1.29 is 39.3 Å². The minimum atomic E-state index is -1.57. The van der Waals surface area contributed by atoms with Crippen LogP contribution in [-0.2, 0) is 24.0 Å². The average molecular weight is 433 g/mol. The number of rotatable bonds is 14. The van der Waals surface area contributed by atoms with E-state index in [1.807, 2.05) is 0 Å². The molecule has 13 heteroatoms. The van der Waals surface area contributed by atoms with Crippen LogP contribution in [0.1, 0.15) is 39.5 Å². The normalized spacial score (nSPS) is 15.8. The fourth-order valence-electron chi connectivity index (χ4n) is 2.37. The first-order chi connectivity index (χ1) is 13.9. The van der Waals surface area contributed by atoms with Crippen molar-refractivity contribution in [2.75, 3.05) is 6.54 Å². The molecule has 0 radical (unpaired) electrons. The van der Waals surface area contributed by atoms with Gasteiger partial charge in [0, 0.05) is 0 Å². The second-order valence-corrected chi connectivity index (χ2v) is 6.85. The molecule has 0 saturated heterocycles. The Bertz CT molecular complexity index is 627. The molecule has 0 aliphatic carbocycles. The molecule has 3 amide bonds. The molecule has 0 aromatic rings. The number of aliphatic hydroxyl groups excluding tert-OH is 1. The number of unbranched alkanes of at least 4 members (excludes halogenated alkanes) is 1. The molecule has 0 aliphatic heterocycles. The predicted molar refractivity (Wildman–Crippen MR) is 104 cm³/mol. The Hall–Kier alpha value is -2.77. The molecule has 172 valence electrons. The van der Waals surface area contributed by atoms with E-state index in [4.69, 9.17) is 21.7 Å². The SMILES string of the molecule is CC(NC(=O)C(N)CC(=O)O)C(=O)NC(CCCCN)C(=O)NC(C(=O)O)C(C)O. The molecule has 30 heavy (non-hydrogen) atoms. The van der Waals surface area contributed by atoms with E-state index in [0.29, 0.717) is 19.4 Å². The fourth-order valence-corrected chi connectivity index (χ4v) is 2.37. The zero-order chi connectivity index (χ0) is 23.4. The van der Waals surface area contributed by atoms with E-state index in [-0.39, 0.29) is 6.42 Å². The van der Waals surface area contributed by atoms with Crippen LogP contribution in [0.15, 0.2) is 0 Å². The number of aliphatic carboxylic acids is 2. The van der Waals surface area contributed by atoms with E-state index in [0.717, 1.165) is 0 Å². The van der Waals surface area contributed by atoms with Gasteiger partial charge in [0.25, 0.3) is 0 Å². The van der Waals surface area contributed by atoms with Gasteiger partial charge in [-0.1, -0.05) is 0 Å². The molecule has 0 rings (SSSR count). The standard InChI is InChI=1S/C17H31N5O8/c1-8(20-15(27)10(19)7-12(24)25)14(26)21-11(5-3-4-6-18)16(28)22-13(9(2)23)17(29)30/h8-11,13,23H,3-7,18-19H2,1-2H3,(H,20,27)(H,21,26)(H,22,28)(H,24,25)(H,29,30). The number of carboxylic acids is 2. The third-order valence-electron chi connectivity index (χ3n) is 4.11. The molecule has 5 unspecified atom stereocenters. The Morgan fingerprint density at radius 2 is 1.50 bits per heavy atom. The van der Waals surface area contributed by atoms with E-state index in [2.05, 4.69) is 16.0 Å². The van der Waals surface area contributed by atoms with Gasteiger partial charge in [0.2, 0.25) is 17.7 Å². The summed E-state index contributed by atoms with van der Waals surface area (Å²) in [6.45, 7) is 2.85. The lowest BCUT2D eigenvalue weighted by molar-refractivity contribution is -0.145. The first kappa shape index (κ1) is 27.2. The summed E-state index contributed by atoms with van der Waals surface area (Å²) in [6, 6.07) is -5.22. The molecule has 5 atom stereocenters. The molecular weight excluding hydrogens is 402 g/mol. The molecule has 13 nitrogen and oxygen atoms in total. The fraction of sp³-hybridized carbons (Fsp3) is 0.706. The summed E-state index contributed by atoms with van der Waals surface area (Å²) < 4.78 is 0. The quantitative estimate of drug-likeness (QED) is 0.128. The van der Waals surface area contributed by atoms with E-state index < -0.39 is 66.4 Å². The molecule has 10 N–H and O–H groups in total. The molecule has 0 heterocycles. The summed E-state index contributed by atoms with van der Waals surface area (Å²) in [5.74, 6) is -5.17. The van der Waals surface area contributed by atoms with Gasteiger partial charge >= 0.3 is 11.9 Å². The summed E-state index contributed by atoms with van der Waals surface area (Å²) >= 11 is 0. The van der Waals surface area contributed by atoms with Gasteiger partial charge in [-0.05, 0) is 39.7 Å². The number of nitrogens with one attached hydrogen (secondary N) is 3. The van der Waals surface area contributed by atoms with Gasteiger partial charge < -0.3 is 42.7 Å². The topological polar surface area (TPSA) is 234 Å². The van der Waals surface area contributed by atoms with E-state index in [9.17, 15) is 29.1 Å². The number of hydrogen-bond donors (Lipinski definition) is 8. The highest BCUT2D eigenvalue weighted by Gasteiger charge is 2.30. The highest BCUT2D eigenvalue weighted by atomic mass is 16.4. The van der Waals surface area contributed by atoms with Crippen molar-refractivity contribution >= 4 is 29.7 Å². The maximum absolute atomic E-state index is 12.5. The molecule has 0 aliphatic rings. The highest BCUT2D eigenvalue weighted by Crippen LogP contribution is 2.04. The zero-order valence-corrected chi connectivity index (χ0v) is 17.0. The van der Waals surface area contributed by atoms with Crippen LogP contribution in [0.3, 0.4) is 0 Å². The molecular formula is C17H31N5O8. The second kappa shape index (κ2) is 13.5. The van der Waals surface area contributed by atoms with Crippen molar-refractivity contribution in [1.29, 1.82) is 0 Å². The van der Waals surface area contributed by atoms with Gasteiger partial charge in [-0.25, -0.2) is 4.79 Å². The summed E-state index contributed by atoms with van der Waals surface area (Å²) in [6.07, 6.45) is -0.860. The minimum absolute atomic E-state index is 0.139. The van der Waals surface area contributed by atoms with Crippen LogP contribution < -0.4 is 27.4 Å². The smallest absolute Gasteiger partial charge is 0.328 e. The van der Waals surface area contributed by atoms with E-state index >= 15 is 0 Å². The van der Waals surface area contributed by atoms with Crippen LogP contribution in [-0.4, -0.2) is 81.8 Å². The summed E-state index contributed by atoms with van der Waals surface area (Å²) in [5.41, 5.74) is 10.8. The molecule has 0 aromatic heterocycles. The zero-order valence-electron chi connectivity index (χ0n) is 17.0. The van der Waals surface area contributed by atoms with Gasteiger partial charge in [-0.3, -0.25) is 19.2 Å². The summed E-state index contributed by atoms with van der Waals surface area (Å²) in [7, 11) is 0. The highest BCUT2D eigenvalue weighted by molar-refractivity contribution is 5.94. The monoisotopic (exact) mass is 433 g/mol. The number of carbonyl (C=O) groups excluding carboxylic acids is 3. The lowest BCUT2D eigenvalue weighted by Crippen LogP contribution is -2.57. The first-order valence-electron chi connectivity index (χ1n) is 9.40. The van der Waals surface area contributed by atoms with Gasteiger partial charge in [0.15, 0.2) is 6.04 Å². The number of nitrogens with two attached hydrogens (primary N) is 2. The number of carbonyl (C=O) groups is 5. The molecule has 0 spiro atoms. The van der Waals surface area contributed by atoms with Crippen LogP contribution in [0.5, 0.6) is 0 Å². The Morgan fingerprint density at radius 1 is 0.900 bits per heavy atom. The molecule has 0 saturated carbocycles. The Labute approximate surface area is 173 Å². The van der Waals surface area contributed by atoms with Crippen molar-refractivity contribution in [3.8, 4) is 0 Å². The summed E-state index contributed by atoms with van der Waals surface area (Å²) in [4.78, 5) is 58.5. The number of amides is 3. The van der Waals surface area contributed by atoms with Gasteiger partial charge in [-0.15, -0.1) is 0 Å². The summed E-state index contributed by atoms with van der Waals surface area (Å²) in [5, 5.41) is 34.1. The predicted octanol–water partition coefficient (Wildman–Crippen LogP) is -3.14. The largest absolute Gasteiger partial charge is 0.481 e. The third kappa shape index (κ3) is 10.1. The van der Waals surface area contributed by atoms with Crippen LogP contribution in [0.25, 0.3) is 0 Å². The minimum Gasteiger partial charge on any atom is -0.481 e. The Morgan fingerprint density at radius 3 is 1.97 bits per heavy atom. The third-order valence-corrected chi connectivity index (χ3v) is 4.11. The number of carboxylic acid groups (broad SMARTS) is 2. The van der Waals surface area contributed by atoms with Crippen LogP contribution in [0, 0.1) is 0 Å². The van der Waals surface area contributed by atoms with Crippen LogP contribution in [0.4, 0.5) is 0 Å². The van der Waals surface area contributed by atoms with Crippen molar-refractivity contribution in [1.82, 2.24) is 16.0 Å². The molecule has 0 fully saturated rings. The first-order valence-corrected chi connectivity index (χ1v) is 9.40. The van der Waals surface area contributed by atoms with Crippen molar-refractivity contribution in [2.45, 2.75) is 69.8 Å². The lowest BCUT2D eigenvalue weighted by atomic mass is 10.1. The Kier molecular flexibility index (Phi) is 12.2. The van der Waals surface area contributed by atoms with E-state index in [1.54, 1.807) is 0 Å². The average Bonchev–Trinajstić information content (AvgIpc) is 2.63. The van der Waals surface area contributed by atoms with Gasteiger partial charge in [0.05, 0.1) is 18.6 Å². The van der Waals surface area contributed by atoms with Gasteiger partial charge in [-0.2, -0.15) is 0 Å². The van der Waals surface area contributed by atoms with Crippen molar-refractivity contribution in [3.63, 3.8) is 0 Å². The van der Waals surface area contributed by atoms with Crippen molar-refractivity contribution in [3.05, 3.63) is 0 Å². The molecule has 0 aromatic carbocycles. The second-order valence-electron chi connectivity index (χ2n) is 6.85. The lowest BCUT2D eigenvalue weighted by Gasteiger charge is -2.24.